The zero-order valence-electron chi connectivity index (χ0n) is 10.5. The Labute approximate surface area is 165 Å². The summed E-state index contributed by atoms with van der Waals surface area (Å²) in [5.41, 5.74) is 3.70. The van der Waals surface area contributed by atoms with Gasteiger partial charge >= 0.3 is 0 Å². The van der Waals surface area contributed by atoms with Gasteiger partial charge in [-0.05, 0) is 35.4 Å². The van der Waals surface area contributed by atoms with E-state index in [1.165, 1.54) is 0 Å². The Kier molecular flexibility index (Phi) is 6.62. The molecular formula is C14H9Br5N2. The lowest BCUT2D eigenvalue weighted by Crippen LogP contribution is -1.95. The average molecular weight is 605 g/mol. The third-order valence-electron chi connectivity index (χ3n) is 2.58. The van der Waals surface area contributed by atoms with E-state index in [1.54, 1.807) is 0 Å². The molecule has 0 spiro atoms. The zero-order valence-corrected chi connectivity index (χ0v) is 18.4. The Bertz CT molecular complexity index is 650. The van der Waals surface area contributed by atoms with Crippen LogP contribution in [0.25, 0.3) is 0 Å². The Morgan fingerprint density at radius 1 is 0.810 bits per heavy atom. The summed E-state index contributed by atoms with van der Waals surface area (Å²) < 4.78 is -0.336. The molecule has 0 aromatic heterocycles. The number of azo groups is 1. The number of benzene rings is 2. The summed E-state index contributed by atoms with van der Waals surface area (Å²) in [4.78, 5) is 0. The van der Waals surface area contributed by atoms with Gasteiger partial charge in [0.2, 0.25) is 0 Å². The van der Waals surface area contributed by atoms with E-state index in [-0.39, 0.29) is 3.74 Å². The van der Waals surface area contributed by atoms with Crippen LogP contribution in [0.4, 0.5) is 11.4 Å². The predicted molar refractivity (Wildman–Crippen MR) is 106 cm³/mol. The molecule has 0 atom stereocenters. The van der Waals surface area contributed by atoms with Crippen molar-refractivity contribution in [2.45, 2.75) is 5.88 Å². The van der Waals surface area contributed by atoms with Crippen LogP contribution < -0.4 is 0 Å². The predicted octanol–water partition coefficient (Wildman–Crippen LogP) is 8.19. The van der Waals surface area contributed by atoms with Crippen molar-refractivity contribution < 1.29 is 0 Å². The van der Waals surface area contributed by atoms with E-state index in [2.05, 4.69) is 89.9 Å². The molecule has 0 N–H and O–H groups in total. The molecule has 0 unspecified atom stereocenters. The number of hydrogen-bond donors (Lipinski definition) is 0. The second-order valence-electron chi connectivity index (χ2n) is 4.14. The van der Waals surface area contributed by atoms with Gasteiger partial charge in [0.05, 0.1) is 15.1 Å². The number of halogens is 5. The number of alkyl halides is 5. The first-order valence-electron chi connectivity index (χ1n) is 5.83. The molecule has 7 heteroatoms. The van der Waals surface area contributed by atoms with Gasteiger partial charge in [0.1, 0.15) is 0 Å². The Balaban J connectivity index is 2.23. The van der Waals surface area contributed by atoms with Crippen LogP contribution >= 0.6 is 79.6 Å². The Morgan fingerprint density at radius 3 is 1.95 bits per heavy atom. The van der Waals surface area contributed by atoms with Gasteiger partial charge in [-0.1, -0.05) is 104 Å². The SMILES string of the molecule is BrC(Br)c1cccc(N=Nc2cccc(C(Br)(Br)Br)c2)c1. The molecule has 21 heavy (non-hydrogen) atoms. The lowest BCUT2D eigenvalue weighted by molar-refractivity contribution is 1.21. The van der Waals surface area contributed by atoms with Gasteiger partial charge < -0.3 is 0 Å². The molecule has 0 amide bonds. The Hall–Kier alpha value is 0.440. The molecule has 0 bridgehead atoms. The van der Waals surface area contributed by atoms with Crippen molar-refractivity contribution in [1.29, 1.82) is 0 Å². The van der Waals surface area contributed by atoms with Crippen molar-refractivity contribution in [3.05, 3.63) is 59.7 Å². The van der Waals surface area contributed by atoms with Crippen LogP contribution in [0.15, 0.2) is 58.8 Å². The van der Waals surface area contributed by atoms with Gasteiger partial charge in [-0.15, -0.1) is 0 Å². The highest BCUT2D eigenvalue weighted by Gasteiger charge is 2.20. The summed E-state index contributed by atoms with van der Waals surface area (Å²) in [6.45, 7) is 0. The molecule has 2 aromatic rings. The van der Waals surface area contributed by atoms with Crippen LogP contribution in [-0.4, -0.2) is 0 Å². The normalized spacial score (nSPS) is 12.3. The number of hydrogen-bond acceptors (Lipinski definition) is 2. The van der Waals surface area contributed by atoms with Crippen molar-refractivity contribution in [3.8, 4) is 0 Å². The molecule has 2 nitrogen and oxygen atoms in total. The highest BCUT2D eigenvalue weighted by Crippen LogP contribution is 2.45. The quantitative estimate of drug-likeness (QED) is 0.249. The summed E-state index contributed by atoms with van der Waals surface area (Å²) in [5, 5.41) is 8.56. The molecule has 0 heterocycles. The first kappa shape index (κ1) is 17.8. The van der Waals surface area contributed by atoms with Crippen LogP contribution in [0.2, 0.25) is 0 Å². The van der Waals surface area contributed by atoms with E-state index < -0.39 is 2.14 Å². The fourth-order valence-corrected chi connectivity index (χ4v) is 2.89. The topological polar surface area (TPSA) is 24.7 Å². The van der Waals surface area contributed by atoms with Gasteiger partial charge in [-0.3, -0.25) is 0 Å². The number of rotatable bonds is 3. The van der Waals surface area contributed by atoms with E-state index in [0.717, 1.165) is 22.5 Å². The fraction of sp³-hybridized carbons (Fsp3) is 0.143. The van der Waals surface area contributed by atoms with Gasteiger partial charge in [0.15, 0.2) is 2.14 Å². The van der Waals surface area contributed by atoms with Crippen LogP contribution in [0.1, 0.15) is 14.9 Å². The minimum absolute atomic E-state index is 0.110. The van der Waals surface area contributed by atoms with Crippen LogP contribution in [0, 0.1) is 0 Å². The van der Waals surface area contributed by atoms with E-state index in [1.807, 2.05) is 48.5 Å². The summed E-state index contributed by atoms with van der Waals surface area (Å²) in [5.74, 6) is 0. The van der Waals surface area contributed by atoms with Crippen LogP contribution in [-0.2, 0) is 2.14 Å². The van der Waals surface area contributed by atoms with Crippen molar-refractivity contribution in [2.24, 2.45) is 10.2 Å². The monoisotopic (exact) mass is 600 g/mol. The molecule has 0 saturated heterocycles. The lowest BCUT2D eigenvalue weighted by Gasteiger charge is -2.12. The van der Waals surface area contributed by atoms with Crippen molar-refractivity contribution in [2.75, 3.05) is 0 Å². The van der Waals surface area contributed by atoms with E-state index >= 15 is 0 Å². The van der Waals surface area contributed by atoms with Crippen molar-refractivity contribution in [1.82, 2.24) is 0 Å². The molecule has 110 valence electrons. The summed E-state index contributed by atoms with van der Waals surface area (Å²) >= 11 is 17.4. The summed E-state index contributed by atoms with van der Waals surface area (Å²) in [6.07, 6.45) is 0. The Morgan fingerprint density at radius 2 is 1.38 bits per heavy atom. The standard InChI is InChI=1S/C14H9Br5N2/c15-13(16)9-3-1-5-11(7-9)20-21-12-6-2-4-10(8-12)14(17,18)19/h1-8,13H. The molecule has 0 aliphatic carbocycles. The second-order valence-corrected chi connectivity index (χ2v) is 14.0. The largest absolute Gasteiger partial charge is 0.159 e. The smallest absolute Gasteiger partial charge is 0.151 e. The maximum Gasteiger partial charge on any atom is 0.159 e. The van der Waals surface area contributed by atoms with Gasteiger partial charge in [0.25, 0.3) is 0 Å². The maximum atomic E-state index is 4.28. The third-order valence-corrected chi connectivity index (χ3v) is 5.01. The van der Waals surface area contributed by atoms with Gasteiger partial charge in [-0.2, -0.15) is 10.2 Å². The average Bonchev–Trinajstić information content (AvgIpc) is 2.45. The highest BCUT2D eigenvalue weighted by molar-refractivity contribution is 9.38. The van der Waals surface area contributed by atoms with Gasteiger partial charge in [0, 0.05) is 0 Å². The first-order chi connectivity index (χ1) is 9.86. The molecule has 2 rings (SSSR count). The molecule has 2 aromatic carbocycles. The van der Waals surface area contributed by atoms with Crippen LogP contribution in [0.3, 0.4) is 0 Å². The van der Waals surface area contributed by atoms with Crippen molar-refractivity contribution in [3.63, 3.8) is 0 Å². The summed E-state index contributed by atoms with van der Waals surface area (Å²) in [7, 11) is 0. The zero-order chi connectivity index (χ0) is 15.5. The third kappa shape index (κ3) is 5.53. The molecule has 0 radical (unpaired) electrons. The molecule has 0 saturated carbocycles. The van der Waals surface area contributed by atoms with Gasteiger partial charge in [-0.25, -0.2) is 0 Å². The minimum atomic E-state index is -0.447. The lowest BCUT2D eigenvalue weighted by atomic mass is 10.2. The minimum Gasteiger partial charge on any atom is -0.151 e. The highest BCUT2D eigenvalue weighted by atomic mass is 80.0. The first-order valence-corrected chi connectivity index (χ1v) is 10.0. The fourth-order valence-electron chi connectivity index (χ4n) is 1.58. The molecular weight excluding hydrogens is 596 g/mol. The van der Waals surface area contributed by atoms with Crippen molar-refractivity contribution >= 4 is 91.0 Å². The second kappa shape index (κ2) is 7.81. The molecule has 0 aliphatic heterocycles. The number of nitrogens with zero attached hydrogens (tertiary/aromatic N) is 2. The maximum absolute atomic E-state index is 4.28. The summed E-state index contributed by atoms with van der Waals surface area (Å²) in [6, 6.07) is 15.6. The van der Waals surface area contributed by atoms with E-state index in [4.69, 9.17) is 0 Å². The van der Waals surface area contributed by atoms with E-state index in [9.17, 15) is 0 Å². The molecule has 0 fully saturated rings. The molecule has 0 aliphatic rings. The van der Waals surface area contributed by atoms with E-state index in [0.29, 0.717) is 0 Å². The van der Waals surface area contributed by atoms with Crippen LogP contribution in [0.5, 0.6) is 0 Å².